The summed E-state index contributed by atoms with van der Waals surface area (Å²) in [5.41, 5.74) is 6.01. The molecule has 0 aromatic carbocycles. The number of morpholine rings is 1. The lowest BCUT2D eigenvalue weighted by atomic mass is 9.93. The van der Waals surface area contributed by atoms with E-state index in [1.807, 2.05) is 0 Å². The van der Waals surface area contributed by atoms with Crippen molar-refractivity contribution in [2.45, 2.75) is 33.8 Å². The zero-order chi connectivity index (χ0) is 13.6. The SMILES string of the molecule is CCN1CCOC(CN(CC)CC(C)(C)CN)C1. The molecule has 108 valence electrons. The van der Waals surface area contributed by atoms with Gasteiger partial charge in [0.25, 0.3) is 0 Å². The Labute approximate surface area is 112 Å². The summed E-state index contributed by atoms with van der Waals surface area (Å²) in [6.45, 7) is 16.9. The summed E-state index contributed by atoms with van der Waals surface area (Å²) in [7, 11) is 0. The Hall–Kier alpha value is -0.160. The number of hydrogen-bond donors (Lipinski definition) is 1. The fourth-order valence-electron chi connectivity index (χ4n) is 2.44. The average molecular weight is 257 g/mol. The molecule has 0 spiro atoms. The van der Waals surface area contributed by atoms with Crippen LogP contribution in [-0.4, -0.2) is 68.3 Å². The predicted molar refractivity (Wildman–Crippen MR) is 76.8 cm³/mol. The van der Waals surface area contributed by atoms with Crippen LogP contribution in [0.25, 0.3) is 0 Å². The van der Waals surface area contributed by atoms with Crippen LogP contribution >= 0.6 is 0 Å². The van der Waals surface area contributed by atoms with E-state index in [0.717, 1.165) is 52.4 Å². The molecular weight excluding hydrogens is 226 g/mol. The van der Waals surface area contributed by atoms with E-state index < -0.39 is 0 Å². The Morgan fingerprint density at radius 2 is 2.11 bits per heavy atom. The van der Waals surface area contributed by atoms with Gasteiger partial charge >= 0.3 is 0 Å². The lowest BCUT2D eigenvalue weighted by Gasteiger charge is -2.37. The quantitative estimate of drug-likeness (QED) is 0.739. The second-order valence-electron chi connectivity index (χ2n) is 6.08. The molecule has 18 heavy (non-hydrogen) atoms. The maximum absolute atomic E-state index is 5.88. The average Bonchev–Trinajstić information content (AvgIpc) is 2.38. The molecule has 1 atom stereocenters. The van der Waals surface area contributed by atoms with Crippen molar-refractivity contribution in [3.8, 4) is 0 Å². The van der Waals surface area contributed by atoms with Crippen molar-refractivity contribution >= 4 is 0 Å². The third-order valence-electron chi connectivity index (χ3n) is 3.78. The minimum atomic E-state index is 0.190. The van der Waals surface area contributed by atoms with Crippen LogP contribution < -0.4 is 5.73 Å². The van der Waals surface area contributed by atoms with E-state index in [1.54, 1.807) is 0 Å². The molecular formula is C14H31N3O. The largest absolute Gasteiger partial charge is 0.374 e. The summed E-state index contributed by atoms with van der Waals surface area (Å²) in [5, 5.41) is 0. The monoisotopic (exact) mass is 257 g/mol. The van der Waals surface area contributed by atoms with Crippen LogP contribution in [0, 0.1) is 5.41 Å². The van der Waals surface area contributed by atoms with E-state index in [4.69, 9.17) is 10.5 Å². The zero-order valence-electron chi connectivity index (χ0n) is 12.6. The normalized spacial score (nSPS) is 22.7. The second-order valence-corrected chi connectivity index (χ2v) is 6.08. The third-order valence-corrected chi connectivity index (χ3v) is 3.78. The molecule has 1 heterocycles. The van der Waals surface area contributed by atoms with E-state index in [9.17, 15) is 0 Å². The predicted octanol–water partition coefficient (Wildman–Crippen LogP) is 1.01. The molecule has 1 saturated heterocycles. The van der Waals surface area contributed by atoms with Gasteiger partial charge in [-0.25, -0.2) is 0 Å². The first-order chi connectivity index (χ1) is 8.50. The van der Waals surface area contributed by atoms with Crippen molar-refractivity contribution in [2.75, 3.05) is 52.4 Å². The number of nitrogens with zero attached hydrogens (tertiary/aromatic N) is 2. The Balaban J connectivity index is 2.42. The van der Waals surface area contributed by atoms with Crippen LogP contribution in [0.4, 0.5) is 0 Å². The summed E-state index contributed by atoms with van der Waals surface area (Å²) in [6.07, 6.45) is 0.354. The van der Waals surface area contributed by atoms with Crippen LogP contribution in [-0.2, 0) is 4.74 Å². The van der Waals surface area contributed by atoms with Crippen molar-refractivity contribution < 1.29 is 4.74 Å². The summed E-state index contributed by atoms with van der Waals surface area (Å²) in [6, 6.07) is 0. The van der Waals surface area contributed by atoms with E-state index in [0.29, 0.717) is 6.10 Å². The van der Waals surface area contributed by atoms with Gasteiger partial charge in [-0.05, 0) is 25.0 Å². The maximum Gasteiger partial charge on any atom is 0.0829 e. The summed E-state index contributed by atoms with van der Waals surface area (Å²) < 4.78 is 5.88. The molecule has 1 unspecified atom stereocenters. The van der Waals surface area contributed by atoms with E-state index >= 15 is 0 Å². The van der Waals surface area contributed by atoms with Gasteiger partial charge in [-0.15, -0.1) is 0 Å². The first kappa shape index (κ1) is 15.9. The maximum atomic E-state index is 5.88. The number of rotatable bonds is 7. The number of ether oxygens (including phenoxy) is 1. The van der Waals surface area contributed by atoms with Gasteiger partial charge in [0.2, 0.25) is 0 Å². The minimum absolute atomic E-state index is 0.190. The number of hydrogen-bond acceptors (Lipinski definition) is 4. The van der Waals surface area contributed by atoms with Crippen molar-refractivity contribution in [3.05, 3.63) is 0 Å². The van der Waals surface area contributed by atoms with Crippen LogP contribution in [0.2, 0.25) is 0 Å². The van der Waals surface area contributed by atoms with Crippen LogP contribution in [0.1, 0.15) is 27.7 Å². The van der Waals surface area contributed by atoms with Gasteiger partial charge < -0.3 is 15.4 Å². The fourth-order valence-corrected chi connectivity index (χ4v) is 2.44. The topological polar surface area (TPSA) is 41.7 Å². The molecule has 1 aliphatic heterocycles. The lowest BCUT2D eigenvalue weighted by molar-refractivity contribution is -0.0444. The number of likely N-dealkylation sites (N-methyl/N-ethyl adjacent to an activating group) is 2. The Bertz CT molecular complexity index is 233. The van der Waals surface area contributed by atoms with Crippen LogP contribution in [0.3, 0.4) is 0 Å². The van der Waals surface area contributed by atoms with E-state index in [-0.39, 0.29) is 5.41 Å². The molecule has 0 bridgehead atoms. The molecule has 0 radical (unpaired) electrons. The standard InChI is InChI=1S/C14H31N3O/c1-5-16-7-8-18-13(9-16)10-17(6-2)12-14(3,4)11-15/h13H,5-12,15H2,1-4H3. The fraction of sp³-hybridized carbons (Fsp3) is 1.00. The second kappa shape index (κ2) is 7.43. The summed E-state index contributed by atoms with van der Waals surface area (Å²) in [5.74, 6) is 0. The van der Waals surface area contributed by atoms with Crippen molar-refractivity contribution in [3.63, 3.8) is 0 Å². The number of nitrogens with two attached hydrogens (primary N) is 1. The highest BCUT2D eigenvalue weighted by Crippen LogP contribution is 2.16. The third kappa shape index (κ3) is 5.22. The Morgan fingerprint density at radius 3 is 2.67 bits per heavy atom. The van der Waals surface area contributed by atoms with Crippen molar-refractivity contribution in [1.82, 2.24) is 9.80 Å². The lowest BCUT2D eigenvalue weighted by Crippen LogP contribution is -2.49. The highest BCUT2D eigenvalue weighted by Gasteiger charge is 2.24. The van der Waals surface area contributed by atoms with Gasteiger partial charge in [-0.3, -0.25) is 4.90 Å². The first-order valence-corrected chi connectivity index (χ1v) is 7.27. The van der Waals surface area contributed by atoms with E-state index in [1.165, 1.54) is 0 Å². The zero-order valence-corrected chi connectivity index (χ0v) is 12.6. The van der Waals surface area contributed by atoms with E-state index in [2.05, 4.69) is 37.5 Å². The molecule has 0 aromatic rings. The van der Waals surface area contributed by atoms with Crippen LogP contribution in [0.15, 0.2) is 0 Å². The van der Waals surface area contributed by atoms with Crippen molar-refractivity contribution in [1.29, 1.82) is 0 Å². The molecule has 1 fully saturated rings. The summed E-state index contributed by atoms with van der Waals surface area (Å²) >= 11 is 0. The van der Waals surface area contributed by atoms with Gasteiger partial charge in [-0.1, -0.05) is 27.7 Å². The van der Waals surface area contributed by atoms with Gasteiger partial charge in [0.15, 0.2) is 0 Å². The Morgan fingerprint density at radius 1 is 1.39 bits per heavy atom. The molecule has 4 heteroatoms. The molecule has 0 amide bonds. The highest BCUT2D eigenvalue weighted by molar-refractivity contribution is 4.79. The first-order valence-electron chi connectivity index (χ1n) is 7.27. The molecule has 1 rings (SSSR count). The molecule has 0 saturated carbocycles. The van der Waals surface area contributed by atoms with Gasteiger partial charge in [0, 0.05) is 26.2 Å². The van der Waals surface area contributed by atoms with Gasteiger partial charge in [0.1, 0.15) is 0 Å². The van der Waals surface area contributed by atoms with Crippen molar-refractivity contribution in [2.24, 2.45) is 11.1 Å². The smallest absolute Gasteiger partial charge is 0.0829 e. The molecule has 0 aliphatic carbocycles. The molecule has 4 nitrogen and oxygen atoms in total. The molecule has 0 aromatic heterocycles. The highest BCUT2D eigenvalue weighted by atomic mass is 16.5. The molecule has 2 N–H and O–H groups in total. The minimum Gasteiger partial charge on any atom is -0.374 e. The summed E-state index contributed by atoms with van der Waals surface area (Å²) in [4.78, 5) is 4.94. The molecule has 1 aliphatic rings. The van der Waals surface area contributed by atoms with Crippen LogP contribution in [0.5, 0.6) is 0 Å². The van der Waals surface area contributed by atoms with Gasteiger partial charge in [0.05, 0.1) is 12.7 Å². The van der Waals surface area contributed by atoms with Gasteiger partial charge in [-0.2, -0.15) is 0 Å². The Kier molecular flexibility index (Phi) is 6.57.